The molecule has 0 aromatic heterocycles. The second-order valence-electron chi connectivity index (χ2n) is 6.30. The first kappa shape index (κ1) is 17.4. The average molecular weight is 283 g/mol. The Balaban J connectivity index is 2.68. The van der Waals surface area contributed by atoms with Crippen molar-refractivity contribution in [2.75, 3.05) is 39.3 Å². The van der Waals surface area contributed by atoms with Crippen LogP contribution in [0, 0.1) is 0 Å². The lowest BCUT2D eigenvalue weighted by molar-refractivity contribution is -0.143. The van der Waals surface area contributed by atoms with Crippen molar-refractivity contribution in [3.8, 4) is 0 Å². The Morgan fingerprint density at radius 3 is 2.05 bits per heavy atom. The molecule has 4 nitrogen and oxygen atoms in total. The van der Waals surface area contributed by atoms with E-state index in [1.54, 1.807) is 0 Å². The number of unbranched alkanes of at least 4 members (excludes halogenated alkanes) is 2. The summed E-state index contributed by atoms with van der Waals surface area (Å²) >= 11 is 0. The van der Waals surface area contributed by atoms with Crippen molar-refractivity contribution in [1.82, 2.24) is 15.1 Å². The monoisotopic (exact) mass is 283 g/mol. The number of nitrogens with one attached hydrogen (secondary N) is 1. The van der Waals surface area contributed by atoms with Gasteiger partial charge in [0, 0.05) is 39.3 Å². The van der Waals surface area contributed by atoms with Gasteiger partial charge >= 0.3 is 0 Å². The van der Waals surface area contributed by atoms with Crippen LogP contribution in [0.4, 0.5) is 0 Å². The van der Waals surface area contributed by atoms with E-state index in [4.69, 9.17) is 0 Å². The van der Waals surface area contributed by atoms with Crippen LogP contribution in [0.5, 0.6) is 0 Å². The Morgan fingerprint density at radius 2 is 1.60 bits per heavy atom. The highest BCUT2D eigenvalue weighted by Gasteiger charge is 2.37. The number of carbonyl (C=O) groups excluding carboxylic acids is 1. The van der Waals surface area contributed by atoms with Gasteiger partial charge in [-0.05, 0) is 26.7 Å². The molecule has 1 amide bonds. The standard InChI is InChI=1S/C16H33N3O/c1-5-7-11-18(12-8-6-2)15(20)16(3,4)19-13-9-17-10-14-19/h17H,5-14H2,1-4H3. The summed E-state index contributed by atoms with van der Waals surface area (Å²) in [7, 11) is 0. The maximum Gasteiger partial charge on any atom is 0.242 e. The predicted octanol–water partition coefficient (Wildman–Crippen LogP) is 2.10. The van der Waals surface area contributed by atoms with Gasteiger partial charge in [0.2, 0.25) is 5.91 Å². The van der Waals surface area contributed by atoms with Gasteiger partial charge in [0.05, 0.1) is 5.54 Å². The normalized spacial score (nSPS) is 17.2. The van der Waals surface area contributed by atoms with E-state index in [1.807, 2.05) is 0 Å². The van der Waals surface area contributed by atoms with Crippen LogP contribution in [0.2, 0.25) is 0 Å². The first-order valence-corrected chi connectivity index (χ1v) is 8.29. The molecule has 1 saturated heterocycles. The number of piperazine rings is 1. The Bertz CT molecular complexity index is 277. The Hall–Kier alpha value is -0.610. The third-order valence-corrected chi connectivity index (χ3v) is 4.28. The summed E-state index contributed by atoms with van der Waals surface area (Å²) in [5, 5.41) is 3.36. The van der Waals surface area contributed by atoms with Crippen molar-refractivity contribution in [1.29, 1.82) is 0 Å². The third-order valence-electron chi connectivity index (χ3n) is 4.28. The lowest BCUT2D eigenvalue weighted by Gasteiger charge is -2.42. The highest BCUT2D eigenvalue weighted by atomic mass is 16.2. The van der Waals surface area contributed by atoms with Gasteiger partial charge in [-0.1, -0.05) is 26.7 Å². The molecular weight excluding hydrogens is 250 g/mol. The van der Waals surface area contributed by atoms with Crippen LogP contribution in [-0.2, 0) is 4.79 Å². The summed E-state index contributed by atoms with van der Waals surface area (Å²) in [5.41, 5.74) is -0.371. The van der Waals surface area contributed by atoms with Crippen LogP contribution in [0.15, 0.2) is 0 Å². The topological polar surface area (TPSA) is 35.6 Å². The van der Waals surface area contributed by atoms with E-state index in [-0.39, 0.29) is 5.54 Å². The van der Waals surface area contributed by atoms with Crippen molar-refractivity contribution in [3.05, 3.63) is 0 Å². The molecule has 0 aromatic carbocycles. The van der Waals surface area contributed by atoms with Crippen molar-refractivity contribution in [2.45, 2.75) is 58.9 Å². The first-order valence-electron chi connectivity index (χ1n) is 8.29. The summed E-state index contributed by atoms with van der Waals surface area (Å²) in [5.74, 6) is 0.307. The number of hydrogen-bond donors (Lipinski definition) is 1. The van der Waals surface area contributed by atoms with E-state index in [1.165, 1.54) is 0 Å². The molecule has 1 fully saturated rings. The van der Waals surface area contributed by atoms with E-state index in [0.29, 0.717) is 5.91 Å². The molecule has 0 saturated carbocycles. The fourth-order valence-electron chi connectivity index (χ4n) is 2.76. The molecule has 0 aliphatic carbocycles. The van der Waals surface area contributed by atoms with E-state index in [9.17, 15) is 4.79 Å². The van der Waals surface area contributed by atoms with E-state index < -0.39 is 0 Å². The van der Waals surface area contributed by atoms with Crippen LogP contribution < -0.4 is 5.32 Å². The SMILES string of the molecule is CCCCN(CCCC)C(=O)C(C)(C)N1CCNCC1. The van der Waals surface area contributed by atoms with Crippen molar-refractivity contribution in [2.24, 2.45) is 0 Å². The number of carbonyl (C=O) groups is 1. The molecule has 0 unspecified atom stereocenters. The average Bonchev–Trinajstić information content (AvgIpc) is 2.47. The van der Waals surface area contributed by atoms with Crippen LogP contribution in [0.3, 0.4) is 0 Å². The molecule has 20 heavy (non-hydrogen) atoms. The van der Waals surface area contributed by atoms with Crippen LogP contribution in [0.25, 0.3) is 0 Å². The smallest absolute Gasteiger partial charge is 0.242 e. The van der Waals surface area contributed by atoms with Crippen LogP contribution in [-0.4, -0.2) is 60.5 Å². The third kappa shape index (κ3) is 4.74. The zero-order chi connectivity index (χ0) is 15.0. The van der Waals surface area contributed by atoms with Crippen LogP contribution >= 0.6 is 0 Å². The summed E-state index contributed by atoms with van der Waals surface area (Å²) < 4.78 is 0. The van der Waals surface area contributed by atoms with Gasteiger partial charge in [0.1, 0.15) is 0 Å². The quantitative estimate of drug-likeness (QED) is 0.741. The van der Waals surface area contributed by atoms with E-state index in [0.717, 1.165) is 65.0 Å². The number of nitrogens with zero attached hydrogens (tertiary/aromatic N) is 2. The minimum Gasteiger partial charge on any atom is -0.341 e. The molecule has 1 rings (SSSR count). The van der Waals surface area contributed by atoms with Crippen molar-refractivity contribution < 1.29 is 4.79 Å². The lowest BCUT2D eigenvalue weighted by Crippen LogP contribution is -2.60. The Labute approximate surface area is 124 Å². The fourth-order valence-corrected chi connectivity index (χ4v) is 2.76. The fraction of sp³-hybridized carbons (Fsp3) is 0.938. The molecular formula is C16H33N3O. The summed E-state index contributed by atoms with van der Waals surface area (Å²) in [6.07, 6.45) is 4.49. The zero-order valence-corrected chi connectivity index (χ0v) is 13.9. The zero-order valence-electron chi connectivity index (χ0n) is 13.9. The maximum absolute atomic E-state index is 12.9. The molecule has 1 heterocycles. The van der Waals surface area contributed by atoms with Gasteiger partial charge in [0.15, 0.2) is 0 Å². The van der Waals surface area contributed by atoms with Gasteiger partial charge in [-0.2, -0.15) is 0 Å². The van der Waals surface area contributed by atoms with Gasteiger partial charge < -0.3 is 10.2 Å². The van der Waals surface area contributed by atoms with E-state index in [2.05, 4.69) is 42.8 Å². The lowest BCUT2D eigenvalue weighted by atomic mass is 9.99. The highest BCUT2D eigenvalue weighted by molar-refractivity contribution is 5.85. The maximum atomic E-state index is 12.9. The first-order chi connectivity index (χ1) is 9.54. The van der Waals surface area contributed by atoms with Gasteiger partial charge in [0.25, 0.3) is 0 Å². The Kier molecular flexibility index (Phi) is 7.52. The highest BCUT2D eigenvalue weighted by Crippen LogP contribution is 2.19. The second kappa shape index (κ2) is 8.63. The van der Waals surface area contributed by atoms with Crippen molar-refractivity contribution >= 4 is 5.91 Å². The largest absolute Gasteiger partial charge is 0.341 e. The molecule has 0 atom stereocenters. The molecule has 0 radical (unpaired) electrons. The summed E-state index contributed by atoms with van der Waals surface area (Å²) in [6.45, 7) is 14.3. The number of amides is 1. The van der Waals surface area contributed by atoms with Gasteiger partial charge in [-0.25, -0.2) is 0 Å². The Morgan fingerprint density at radius 1 is 1.10 bits per heavy atom. The van der Waals surface area contributed by atoms with Gasteiger partial charge in [-0.15, -0.1) is 0 Å². The predicted molar refractivity (Wildman–Crippen MR) is 84.9 cm³/mol. The molecule has 0 spiro atoms. The molecule has 0 aromatic rings. The van der Waals surface area contributed by atoms with Crippen molar-refractivity contribution in [3.63, 3.8) is 0 Å². The van der Waals surface area contributed by atoms with Gasteiger partial charge in [-0.3, -0.25) is 9.69 Å². The minimum atomic E-state index is -0.371. The minimum absolute atomic E-state index is 0.307. The summed E-state index contributed by atoms with van der Waals surface area (Å²) in [6, 6.07) is 0. The molecule has 1 aliphatic rings. The molecule has 1 aliphatic heterocycles. The number of hydrogen-bond acceptors (Lipinski definition) is 3. The molecule has 1 N–H and O–H groups in total. The van der Waals surface area contributed by atoms with E-state index >= 15 is 0 Å². The molecule has 4 heteroatoms. The molecule has 0 bridgehead atoms. The molecule has 118 valence electrons. The summed E-state index contributed by atoms with van der Waals surface area (Å²) in [4.78, 5) is 17.4. The second-order valence-corrected chi connectivity index (χ2v) is 6.30. The number of rotatable bonds is 8. The van der Waals surface area contributed by atoms with Crippen LogP contribution in [0.1, 0.15) is 53.4 Å².